The van der Waals surface area contributed by atoms with Crippen molar-refractivity contribution in [3.63, 3.8) is 0 Å². The zero-order valence-corrected chi connectivity index (χ0v) is 7.48. The van der Waals surface area contributed by atoms with Gasteiger partial charge in [0.15, 0.2) is 0 Å². The van der Waals surface area contributed by atoms with E-state index in [0.29, 0.717) is 5.76 Å². The van der Waals surface area contributed by atoms with Crippen LogP contribution in [-0.4, -0.2) is 21.6 Å². The van der Waals surface area contributed by atoms with Gasteiger partial charge in [-0.1, -0.05) is 0 Å². The molecule has 2 N–H and O–H groups in total. The van der Waals surface area contributed by atoms with Crippen LogP contribution in [-0.2, 0) is 15.8 Å². The van der Waals surface area contributed by atoms with Crippen molar-refractivity contribution in [2.75, 3.05) is 0 Å². The third-order valence-corrected chi connectivity index (χ3v) is 2.46. The minimum Gasteiger partial charge on any atom is -0.478 e. The summed E-state index contributed by atoms with van der Waals surface area (Å²) in [5, 5.41) is 8.56. The number of aliphatic carboxylic acids is 1. The average Bonchev–Trinajstić information content (AvgIpc) is 2.50. The minimum atomic E-state index is -2.72. The van der Waals surface area contributed by atoms with Crippen molar-refractivity contribution in [1.29, 1.82) is 0 Å². The smallest absolute Gasteiger partial charge is 0.478 e. The van der Waals surface area contributed by atoms with Crippen LogP contribution < -0.4 is 0 Å². The van der Waals surface area contributed by atoms with Gasteiger partial charge in [-0.2, -0.15) is 4.89 Å². The van der Waals surface area contributed by atoms with Gasteiger partial charge in [0.2, 0.25) is 0 Å². The van der Waals surface area contributed by atoms with Gasteiger partial charge in [-0.25, -0.2) is 4.79 Å². The lowest BCUT2D eigenvalue weighted by Gasteiger charge is -1.95. The number of carboxylic acid groups (broad SMARTS) is 1. The summed E-state index contributed by atoms with van der Waals surface area (Å²) in [6, 6.07) is 3.16. The first-order valence-electron chi connectivity index (χ1n) is 3.51. The summed E-state index contributed by atoms with van der Waals surface area (Å²) in [5.41, 5.74) is -1.29. The standard InChI is InChI=1S/C7H7O5P/c8-7(9)6(13(10)11)4-5-2-1-3-12-5/h1-3,6H,4H2,(H-,8,9,10,11)/p+1/t6-/m0/s1. The Kier molecular flexibility index (Phi) is 3.17. The number of carboxylic acids is 1. The molecule has 0 aliphatic carbocycles. The second-order valence-electron chi connectivity index (χ2n) is 2.44. The van der Waals surface area contributed by atoms with Crippen LogP contribution in [0.25, 0.3) is 0 Å². The fourth-order valence-corrected chi connectivity index (χ4v) is 1.40. The van der Waals surface area contributed by atoms with Crippen molar-refractivity contribution in [2.45, 2.75) is 12.1 Å². The van der Waals surface area contributed by atoms with E-state index in [4.69, 9.17) is 14.4 Å². The van der Waals surface area contributed by atoms with E-state index in [1.165, 1.54) is 6.26 Å². The molecule has 0 saturated heterocycles. The van der Waals surface area contributed by atoms with Crippen LogP contribution in [0.15, 0.2) is 22.8 Å². The van der Waals surface area contributed by atoms with Gasteiger partial charge in [-0.05, 0) is 16.7 Å². The SMILES string of the molecule is O=C(O)[C@H](Cc1ccco1)[P+](=O)O. The molecule has 6 heteroatoms. The molecule has 13 heavy (non-hydrogen) atoms. The van der Waals surface area contributed by atoms with E-state index in [9.17, 15) is 9.36 Å². The van der Waals surface area contributed by atoms with E-state index < -0.39 is 19.7 Å². The number of carbonyl (C=O) groups is 1. The van der Waals surface area contributed by atoms with E-state index in [1.807, 2.05) is 0 Å². The Labute approximate surface area is 74.9 Å². The molecule has 1 heterocycles. The summed E-state index contributed by atoms with van der Waals surface area (Å²) in [6.45, 7) is 0. The first-order chi connectivity index (χ1) is 6.11. The average molecular weight is 203 g/mol. The molecule has 0 aliphatic heterocycles. The molecular weight excluding hydrogens is 195 g/mol. The maximum absolute atomic E-state index is 10.6. The molecule has 70 valence electrons. The molecule has 1 aromatic heterocycles. The normalized spacial score (nSPS) is 13.8. The molecule has 0 amide bonds. The molecule has 5 nitrogen and oxygen atoms in total. The molecule has 1 unspecified atom stereocenters. The van der Waals surface area contributed by atoms with E-state index in [2.05, 4.69) is 0 Å². The molecule has 0 saturated carbocycles. The number of hydrogen-bond acceptors (Lipinski definition) is 3. The molecule has 0 radical (unpaired) electrons. The molecule has 0 aliphatic rings. The predicted molar refractivity (Wildman–Crippen MR) is 43.7 cm³/mol. The summed E-state index contributed by atoms with van der Waals surface area (Å²) in [7, 11) is -2.72. The van der Waals surface area contributed by atoms with Crippen molar-refractivity contribution >= 4 is 14.0 Å². The van der Waals surface area contributed by atoms with Gasteiger partial charge in [0, 0.05) is 0 Å². The Morgan fingerprint density at radius 2 is 2.38 bits per heavy atom. The lowest BCUT2D eigenvalue weighted by Crippen LogP contribution is -2.18. The van der Waals surface area contributed by atoms with Crippen LogP contribution in [0, 0.1) is 0 Å². The minimum absolute atomic E-state index is 0.0615. The van der Waals surface area contributed by atoms with E-state index in [-0.39, 0.29) is 6.42 Å². The number of hydrogen-bond donors (Lipinski definition) is 2. The highest BCUT2D eigenvalue weighted by molar-refractivity contribution is 7.40. The van der Waals surface area contributed by atoms with Crippen molar-refractivity contribution < 1.29 is 23.8 Å². The third kappa shape index (κ3) is 2.65. The summed E-state index contributed by atoms with van der Waals surface area (Å²) in [5.74, 6) is -0.898. The molecule has 1 rings (SSSR count). The molecule has 0 spiro atoms. The lowest BCUT2D eigenvalue weighted by atomic mass is 10.2. The zero-order chi connectivity index (χ0) is 9.84. The Bertz CT molecular complexity index is 291. The summed E-state index contributed by atoms with van der Waals surface area (Å²) in [4.78, 5) is 19.1. The predicted octanol–water partition coefficient (Wildman–Crippen LogP) is 1.01. The first-order valence-corrected chi connectivity index (χ1v) is 4.80. The molecule has 2 atom stereocenters. The van der Waals surface area contributed by atoms with Crippen molar-refractivity contribution in [1.82, 2.24) is 0 Å². The van der Waals surface area contributed by atoms with Gasteiger partial charge in [-0.15, -0.1) is 0 Å². The summed E-state index contributed by atoms with van der Waals surface area (Å²) < 4.78 is 15.5. The monoisotopic (exact) mass is 203 g/mol. The Balaban J connectivity index is 2.69. The maximum atomic E-state index is 10.6. The van der Waals surface area contributed by atoms with Crippen LogP contribution in [0.1, 0.15) is 5.76 Å². The van der Waals surface area contributed by atoms with Crippen molar-refractivity contribution in [3.8, 4) is 0 Å². The van der Waals surface area contributed by atoms with E-state index in [0.717, 1.165) is 0 Å². The van der Waals surface area contributed by atoms with Gasteiger partial charge in [0.05, 0.1) is 12.7 Å². The fourth-order valence-electron chi connectivity index (χ4n) is 0.879. The van der Waals surface area contributed by atoms with Crippen LogP contribution in [0.4, 0.5) is 0 Å². The first kappa shape index (κ1) is 9.89. The van der Waals surface area contributed by atoms with Crippen LogP contribution >= 0.6 is 8.03 Å². The van der Waals surface area contributed by atoms with E-state index in [1.54, 1.807) is 12.1 Å². The van der Waals surface area contributed by atoms with Gasteiger partial charge >= 0.3 is 14.0 Å². The van der Waals surface area contributed by atoms with E-state index >= 15 is 0 Å². The topological polar surface area (TPSA) is 87.7 Å². The largest absolute Gasteiger partial charge is 0.521 e. The molecule has 0 fully saturated rings. The van der Waals surface area contributed by atoms with Crippen LogP contribution in [0.3, 0.4) is 0 Å². The van der Waals surface area contributed by atoms with Gasteiger partial charge < -0.3 is 9.52 Å². The Morgan fingerprint density at radius 1 is 1.69 bits per heavy atom. The van der Waals surface area contributed by atoms with Crippen molar-refractivity contribution in [3.05, 3.63) is 24.2 Å². The highest BCUT2D eigenvalue weighted by atomic mass is 31.1. The van der Waals surface area contributed by atoms with Crippen LogP contribution in [0.5, 0.6) is 0 Å². The van der Waals surface area contributed by atoms with Gasteiger partial charge in [0.25, 0.3) is 5.66 Å². The molecule has 0 aromatic carbocycles. The molecule has 0 bridgehead atoms. The van der Waals surface area contributed by atoms with Gasteiger partial charge in [0.1, 0.15) is 5.76 Å². The van der Waals surface area contributed by atoms with Crippen LogP contribution in [0.2, 0.25) is 0 Å². The summed E-state index contributed by atoms with van der Waals surface area (Å²) >= 11 is 0. The van der Waals surface area contributed by atoms with Gasteiger partial charge in [-0.3, -0.25) is 0 Å². The number of rotatable bonds is 4. The molecule has 1 aromatic rings. The highest BCUT2D eigenvalue weighted by Gasteiger charge is 2.37. The summed E-state index contributed by atoms with van der Waals surface area (Å²) in [6.07, 6.45) is 1.33. The molecular formula is C7H8O5P+. The quantitative estimate of drug-likeness (QED) is 0.713. The fraction of sp³-hybridized carbons (Fsp3) is 0.286. The second kappa shape index (κ2) is 4.16. The van der Waals surface area contributed by atoms with Crippen molar-refractivity contribution in [2.24, 2.45) is 0 Å². The number of furan rings is 1. The Hall–Kier alpha value is -1.19. The second-order valence-corrected chi connectivity index (χ2v) is 3.67. The lowest BCUT2D eigenvalue weighted by molar-refractivity contribution is -0.136. The zero-order valence-electron chi connectivity index (χ0n) is 6.58. The maximum Gasteiger partial charge on any atom is 0.521 e. The third-order valence-electron chi connectivity index (χ3n) is 1.53. The highest BCUT2D eigenvalue weighted by Crippen LogP contribution is 2.26. The Morgan fingerprint density at radius 3 is 2.77 bits per heavy atom.